The standard InChI is InChI=1S/C16H16N4OS/c1-2-10-17-14(21)11-22-16-19-18-15(12-8-9-12)20(16)13-6-4-3-5-7-13/h1,3-7,12H,8-11H2,(H,17,21). The lowest BCUT2D eigenvalue weighted by molar-refractivity contribution is -0.118. The smallest absolute Gasteiger partial charge is 0.231 e. The van der Waals surface area contributed by atoms with Crippen molar-refractivity contribution in [3.63, 3.8) is 0 Å². The molecule has 6 heteroatoms. The number of carbonyl (C=O) groups excluding carboxylic acids is 1. The Labute approximate surface area is 133 Å². The topological polar surface area (TPSA) is 59.8 Å². The van der Waals surface area contributed by atoms with E-state index in [4.69, 9.17) is 6.42 Å². The minimum Gasteiger partial charge on any atom is -0.344 e. The van der Waals surface area contributed by atoms with Crippen LogP contribution in [0.4, 0.5) is 0 Å². The molecule has 0 radical (unpaired) electrons. The molecule has 0 spiro atoms. The maximum absolute atomic E-state index is 11.7. The number of terminal acetylenes is 1. The first kappa shape index (κ1) is 14.7. The molecule has 3 rings (SSSR count). The third kappa shape index (κ3) is 3.31. The summed E-state index contributed by atoms with van der Waals surface area (Å²) in [5.41, 5.74) is 1.03. The molecule has 0 unspecified atom stereocenters. The molecule has 1 amide bonds. The zero-order chi connectivity index (χ0) is 15.4. The summed E-state index contributed by atoms with van der Waals surface area (Å²) >= 11 is 1.38. The van der Waals surface area contributed by atoms with Crippen molar-refractivity contribution >= 4 is 17.7 Å². The maximum atomic E-state index is 11.7. The van der Waals surface area contributed by atoms with Crippen molar-refractivity contribution in [1.29, 1.82) is 0 Å². The highest BCUT2D eigenvalue weighted by Crippen LogP contribution is 2.41. The molecule has 112 valence electrons. The van der Waals surface area contributed by atoms with Crippen molar-refractivity contribution < 1.29 is 4.79 Å². The Hall–Kier alpha value is -2.26. The van der Waals surface area contributed by atoms with E-state index >= 15 is 0 Å². The summed E-state index contributed by atoms with van der Waals surface area (Å²) in [4.78, 5) is 11.7. The highest BCUT2D eigenvalue weighted by atomic mass is 32.2. The number of thioether (sulfide) groups is 1. The van der Waals surface area contributed by atoms with Crippen LogP contribution in [0, 0.1) is 12.3 Å². The van der Waals surface area contributed by atoms with Crippen molar-refractivity contribution in [2.75, 3.05) is 12.3 Å². The number of aromatic nitrogens is 3. The Bertz CT molecular complexity index is 701. The second-order valence-corrected chi connectivity index (χ2v) is 6.00. The first-order valence-corrected chi connectivity index (χ1v) is 8.12. The van der Waals surface area contributed by atoms with Gasteiger partial charge in [0.05, 0.1) is 12.3 Å². The molecule has 0 saturated heterocycles. The van der Waals surface area contributed by atoms with E-state index in [-0.39, 0.29) is 18.2 Å². The molecule has 1 N–H and O–H groups in total. The van der Waals surface area contributed by atoms with Gasteiger partial charge in [0.15, 0.2) is 5.16 Å². The van der Waals surface area contributed by atoms with Gasteiger partial charge in [0.2, 0.25) is 5.91 Å². The van der Waals surface area contributed by atoms with Crippen molar-refractivity contribution in [3.05, 3.63) is 36.2 Å². The number of para-hydroxylation sites is 1. The van der Waals surface area contributed by atoms with Crippen LogP contribution in [0.25, 0.3) is 5.69 Å². The largest absolute Gasteiger partial charge is 0.344 e. The van der Waals surface area contributed by atoms with E-state index in [2.05, 4.69) is 26.0 Å². The quantitative estimate of drug-likeness (QED) is 0.654. The van der Waals surface area contributed by atoms with E-state index in [0.717, 1.165) is 29.5 Å². The van der Waals surface area contributed by atoms with E-state index in [0.29, 0.717) is 5.92 Å². The van der Waals surface area contributed by atoms with Gasteiger partial charge < -0.3 is 5.32 Å². The molecule has 22 heavy (non-hydrogen) atoms. The lowest BCUT2D eigenvalue weighted by Gasteiger charge is -2.09. The summed E-state index contributed by atoms with van der Waals surface area (Å²) in [5.74, 6) is 4.03. The van der Waals surface area contributed by atoms with E-state index in [1.165, 1.54) is 11.8 Å². The molecule has 2 aromatic rings. The fraction of sp³-hybridized carbons (Fsp3) is 0.312. The third-order valence-electron chi connectivity index (χ3n) is 3.34. The Morgan fingerprint density at radius 3 is 2.82 bits per heavy atom. The van der Waals surface area contributed by atoms with Crippen molar-refractivity contribution in [1.82, 2.24) is 20.1 Å². The highest BCUT2D eigenvalue weighted by molar-refractivity contribution is 7.99. The lowest BCUT2D eigenvalue weighted by Crippen LogP contribution is -2.25. The Morgan fingerprint density at radius 2 is 2.14 bits per heavy atom. The van der Waals surface area contributed by atoms with Crippen molar-refractivity contribution in [3.8, 4) is 18.0 Å². The van der Waals surface area contributed by atoms with Crippen LogP contribution in [0.3, 0.4) is 0 Å². The molecule has 1 aliphatic rings. The van der Waals surface area contributed by atoms with Crippen LogP contribution in [0.1, 0.15) is 24.6 Å². The van der Waals surface area contributed by atoms with Gasteiger partial charge in [-0.25, -0.2) is 0 Å². The number of rotatable bonds is 6. The summed E-state index contributed by atoms with van der Waals surface area (Å²) < 4.78 is 2.05. The van der Waals surface area contributed by atoms with Crippen LogP contribution in [-0.4, -0.2) is 33.0 Å². The summed E-state index contributed by atoms with van der Waals surface area (Å²) in [6.45, 7) is 0.248. The highest BCUT2D eigenvalue weighted by Gasteiger charge is 2.31. The van der Waals surface area contributed by atoms with Crippen LogP contribution in [0.15, 0.2) is 35.5 Å². The summed E-state index contributed by atoms with van der Waals surface area (Å²) in [7, 11) is 0. The molecule has 5 nitrogen and oxygen atoms in total. The Morgan fingerprint density at radius 1 is 1.36 bits per heavy atom. The minimum atomic E-state index is -0.0986. The van der Waals surface area contributed by atoms with Gasteiger partial charge in [-0.1, -0.05) is 35.9 Å². The van der Waals surface area contributed by atoms with Gasteiger partial charge in [-0.2, -0.15) is 0 Å². The minimum absolute atomic E-state index is 0.0986. The number of amides is 1. The average Bonchev–Trinajstić information content (AvgIpc) is 3.31. The van der Waals surface area contributed by atoms with Gasteiger partial charge in [-0.3, -0.25) is 9.36 Å². The molecule has 0 atom stereocenters. The predicted octanol–water partition coefficient (Wildman–Crippen LogP) is 1.99. The Balaban J connectivity index is 1.80. The van der Waals surface area contributed by atoms with Crippen molar-refractivity contribution in [2.24, 2.45) is 0 Å². The fourth-order valence-electron chi connectivity index (χ4n) is 2.13. The molecular weight excluding hydrogens is 296 g/mol. The number of hydrogen-bond acceptors (Lipinski definition) is 4. The van der Waals surface area contributed by atoms with Gasteiger partial charge in [-0.05, 0) is 25.0 Å². The number of nitrogens with one attached hydrogen (secondary N) is 1. The number of carbonyl (C=O) groups is 1. The normalized spacial score (nSPS) is 13.6. The number of benzene rings is 1. The number of nitrogens with zero attached hydrogens (tertiary/aromatic N) is 3. The van der Waals surface area contributed by atoms with Crippen LogP contribution < -0.4 is 5.32 Å². The summed E-state index contributed by atoms with van der Waals surface area (Å²) in [5, 5.41) is 12.0. The van der Waals surface area contributed by atoms with E-state index in [1.807, 2.05) is 30.3 Å². The molecule has 1 heterocycles. The molecule has 1 aliphatic carbocycles. The molecule has 0 aliphatic heterocycles. The summed E-state index contributed by atoms with van der Waals surface area (Å²) in [6.07, 6.45) is 7.43. The first-order valence-electron chi connectivity index (χ1n) is 7.13. The van der Waals surface area contributed by atoms with Gasteiger partial charge in [0, 0.05) is 11.6 Å². The molecule has 1 aromatic heterocycles. The molecule has 0 bridgehead atoms. The summed E-state index contributed by atoms with van der Waals surface area (Å²) in [6, 6.07) is 10.0. The van der Waals surface area contributed by atoms with E-state index in [9.17, 15) is 4.79 Å². The lowest BCUT2D eigenvalue weighted by atomic mass is 10.3. The average molecular weight is 312 g/mol. The van der Waals surface area contributed by atoms with E-state index in [1.54, 1.807) is 0 Å². The maximum Gasteiger partial charge on any atom is 0.231 e. The predicted molar refractivity (Wildman–Crippen MR) is 85.9 cm³/mol. The van der Waals surface area contributed by atoms with Crippen LogP contribution in [0.2, 0.25) is 0 Å². The zero-order valence-corrected chi connectivity index (χ0v) is 12.8. The zero-order valence-electron chi connectivity index (χ0n) is 12.0. The van der Waals surface area contributed by atoms with Crippen LogP contribution in [-0.2, 0) is 4.79 Å². The van der Waals surface area contributed by atoms with Gasteiger partial charge >= 0.3 is 0 Å². The number of hydrogen-bond donors (Lipinski definition) is 1. The Kier molecular flexibility index (Phi) is 4.45. The van der Waals surface area contributed by atoms with E-state index < -0.39 is 0 Å². The van der Waals surface area contributed by atoms with Crippen molar-refractivity contribution in [2.45, 2.75) is 23.9 Å². The molecule has 1 saturated carbocycles. The second kappa shape index (κ2) is 6.67. The SMILES string of the molecule is C#CCNC(=O)CSc1nnc(C2CC2)n1-c1ccccc1. The molecule has 1 aromatic carbocycles. The fourth-order valence-corrected chi connectivity index (χ4v) is 2.92. The second-order valence-electron chi connectivity index (χ2n) is 5.06. The van der Waals surface area contributed by atoms with Crippen LogP contribution >= 0.6 is 11.8 Å². The van der Waals surface area contributed by atoms with Gasteiger partial charge in [0.25, 0.3) is 0 Å². The first-order chi connectivity index (χ1) is 10.8. The van der Waals surface area contributed by atoms with Gasteiger partial charge in [-0.15, -0.1) is 16.6 Å². The molecular formula is C16H16N4OS. The van der Waals surface area contributed by atoms with Gasteiger partial charge in [0.1, 0.15) is 5.82 Å². The monoisotopic (exact) mass is 312 g/mol. The third-order valence-corrected chi connectivity index (χ3v) is 4.26. The molecule has 1 fully saturated rings. The van der Waals surface area contributed by atoms with Crippen LogP contribution in [0.5, 0.6) is 0 Å².